The highest BCUT2D eigenvalue weighted by atomic mass is 32.2. The summed E-state index contributed by atoms with van der Waals surface area (Å²) >= 11 is 1.57. The highest BCUT2D eigenvalue weighted by molar-refractivity contribution is 7.99. The van der Waals surface area contributed by atoms with Gasteiger partial charge in [0.05, 0.1) is 17.4 Å². The summed E-state index contributed by atoms with van der Waals surface area (Å²) < 4.78 is 0. The molecule has 0 unspecified atom stereocenters. The standard InChI is InChI=1S/C19H18N2OS/c1-14-10-15-6-4-5-9-18(15)21(14)19(22)13-23-12-17-8-3-2-7-16(17)11-20/h2-9,14H,10,12-13H2,1H3/t14-/m0/s1. The smallest absolute Gasteiger partial charge is 0.237 e. The van der Waals surface area contributed by atoms with Gasteiger partial charge in [0.15, 0.2) is 0 Å². The van der Waals surface area contributed by atoms with Crippen LogP contribution in [0.3, 0.4) is 0 Å². The number of amides is 1. The fourth-order valence-corrected chi connectivity index (χ4v) is 3.91. The van der Waals surface area contributed by atoms with E-state index in [0.717, 1.165) is 17.7 Å². The van der Waals surface area contributed by atoms with E-state index in [9.17, 15) is 4.79 Å². The van der Waals surface area contributed by atoms with Crippen molar-refractivity contribution >= 4 is 23.4 Å². The van der Waals surface area contributed by atoms with E-state index in [2.05, 4.69) is 19.1 Å². The summed E-state index contributed by atoms with van der Waals surface area (Å²) in [5.74, 6) is 1.25. The lowest BCUT2D eigenvalue weighted by Crippen LogP contribution is -2.37. The van der Waals surface area contributed by atoms with E-state index < -0.39 is 0 Å². The first kappa shape index (κ1) is 15.6. The van der Waals surface area contributed by atoms with E-state index >= 15 is 0 Å². The van der Waals surface area contributed by atoms with Crippen LogP contribution in [0.5, 0.6) is 0 Å². The van der Waals surface area contributed by atoms with Crippen LogP contribution in [0.1, 0.15) is 23.6 Å². The van der Waals surface area contributed by atoms with Gasteiger partial charge in [0.2, 0.25) is 5.91 Å². The zero-order chi connectivity index (χ0) is 16.2. The first-order chi connectivity index (χ1) is 11.2. The second kappa shape index (κ2) is 6.89. The Morgan fingerprint density at radius 2 is 2.00 bits per heavy atom. The minimum absolute atomic E-state index is 0.141. The number of benzene rings is 2. The Kier molecular flexibility index (Phi) is 4.68. The predicted molar refractivity (Wildman–Crippen MR) is 94.4 cm³/mol. The lowest BCUT2D eigenvalue weighted by molar-refractivity contribution is -0.116. The van der Waals surface area contributed by atoms with E-state index in [1.165, 1.54) is 5.56 Å². The zero-order valence-electron chi connectivity index (χ0n) is 13.0. The summed E-state index contributed by atoms with van der Waals surface area (Å²) in [5.41, 5.74) is 3.96. The summed E-state index contributed by atoms with van der Waals surface area (Å²) in [7, 11) is 0. The molecule has 0 bridgehead atoms. The monoisotopic (exact) mass is 322 g/mol. The molecule has 3 nitrogen and oxygen atoms in total. The Morgan fingerprint density at radius 1 is 1.26 bits per heavy atom. The summed E-state index contributed by atoms with van der Waals surface area (Å²) in [5, 5.41) is 9.11. The van der Waals surface area contributed by atoms with Crippen molar-refractivity contribution in [3.05, 3.63) is 65.2 Å². The fourth-order valence-electron chi connectivity index (χ4n) is 3.02. The molecule has 0 aliphatic carbocycles. The molecule has 0 N–H and O–H groups in total. The van der Waals surface area contributed by atoms with Gasteiger partial charge in [0.25, 0.3) is 0 Å². The predicted octanol–water partition coefficient (Wildman–Crippen LogP) is 3.77. The van der Waals surface area contributed by atoms with Crippen molar-refractivity contribution in [2.45, 2.75) is 25.1 Å². The molecule has 4 heteroatoms. The topological polar surface area (TPSA) is 44.1 Å². The Labute approximate surface area is 140 Å². The summed E-state index contributed by atoms with van der Waals surface area (Å²) in [6, 6.07) is 18.1. The fraction of sp³-hybridized carbons (Fsp3) is 0.263. The van der Waals surface area contributed by atoms with Crippen LogP contribution in [0, 0.1) is 11.3 Å². The van der Waals surface area contributed by atoms with Gasteiger partial charge in [-0.15, -0.1) is 11.8 Å². The molecule has 0 radical (unpaired) electrons. The maximum Gasteiger partial charge on any atom is 0.237 e. The van der Waals surface area contributed by atoms with Gasteiger partial charge in [-0.2, -0.15) is 5.26 Å². The van der Waals surface area contributed by atoms with E-state index in [0.29, 0.717) is 17.1 Å². The van der Waals surface area contributed by atoms with Gasteiger partial charge in [-0.1, -0.05) is 36.4 Å². The van der Waals surface area contributed by atoms with Gasteiger partial charge in [-0.05, 0) is 36.6 Å². The first-order valence-electron chi connectivity index (χ1n) is 7.66. The molecule has 0 fully saturated rings. The van der Waals surface area contributed by atoms with Crippen LogP contribution in [0.4, 0.5) is 5.69 Å². The van der Waals surface area contributed by atoms with E-state index in [-0.39, 0.29) is 11.9 Å². The van der Waals surface area contributed by atoms with Gasteiger partial charge in [0.1, 0.15) is 0 Å². The zero-order valence-corrected chi connectivity index (χ0v) is 13.8. The summed E-state index contributed by atoms with van der Waals surface area (Å²) in [6.07, 6.45) is 0.920. The van der Waals surface area contributed by atoms with Crippen LogP contribution in [0.2, 0.25) is 0 Å². The van der Waals surface area contributed by atoms with Crippen molar-refractivity contribution < 1.29 is 4.79 Å². The van der Waals surface area contributed by atoms with Gasteiger partial charge in [-0.3, -0.25) is 4.79 Å². The van der Waals surface area contributed by atoms with Crippen molar-refractivity contribution in [3.8, 4) is 6.07 Å². The van der Waals surface area contributed by atoms with Crippen LogP contribution in [-0.2, 0) is 17.0 Å². The Bertz CT molecular complexity index is 766. The summed E-state index contributed by atoms with van der Waals surface area (Å²) in [4.78, 5) is 14.5. The number of nitriles is 1. The van der Waals surface area contributed by atoms with Crippen molar-refractivity contribution in [2.75, 3.05) is 10.7 Å². The SMILES string of the molecule is C[C@H]1Cc2ccccc2N1C(=O)CSCc1ccccc1C#N. The van der Waals surface area contributed by atoms with Crippen LogP contribution in [0.25, 0.3) is 0 Å². The quantitative estimate of drug-likeness (QED) is 0.860. The molecular weight excluding hydrogens is 304 g/mol. The second-order valence-electron chi connectivity index (χ2n) is 5.71. The first-order valence-corrected chi connectivity index (χ1v) is 8.82. The van der Waals surface area contributed by atoms with Gasteiger partial charge < -0.3 is 4.90 Å². The van der Waals surface area contributed by atoms with Crippen LogP contribution >= 0.6 is 11.8 Å². The molecule has 3 rings (SSSR count). The molecule has 23 heavy (non-hydrogen) atoms. The molecular formula is C19H18N2OS. The molecule has 1 atom stereocenters. The molecule has 0 saturated carbocycles. The number of thioether (sulfide) groups is 1. The lowest BCUT2D eigenvalue weighted by Gasteiger charge is -2.22. The van der Waals surface area contributed by atoms with Crippen molar-refractivity contribution in [1.29, 1.82) is 5.26 Å². The Balaban J connectivity index is 1.63. The van der Waals surface area contributed by atoms with Crippen LogP contribution in [-0.4, -0.2) is 17.7 Å². The third kappa shape index (κ3) is 3.25. The average molecular weight is 322 g/mol. The van der Waals surface area contributed by atoms with Crippen LogP contribution in [0.15, 0.2) is 48.5 Å². The normalized spacial score (nSPS) is 16.0. The maximum absolute atomic E-state index is 12.6. The molecule has 2 aromatic carbocycles. The molecule has 1 amide bonds. The number of fused-ring (bicyclic) bond motifs is 1. The van der Waals surface area contributed by atoms with Gasteiger partial charge in [0, 0.05) is 17.5 Å². The van der Waals surface area contributed by atoms with Crippen molar-refractivity contribution in [1.82, 2.24) is 0 Å². The third-order valence-corrected chi connectivity index (χ3v) is 5.06. The molecule has 1 aliphatic rings. The third-order valence-electron chi connectivity index (χ3n) is 4.10. The molecule has 0 spiro atoms. The molecule has 1 heterocycles. The van der Waals surface area contributed by atoms with E-state index in [1.54, 1.807) is 11.8 Å². The number of nitrogens with zero attached hydrogens (tertiary/aromatic N) is 2. The lowest BCUT2D eigenvalue weighted by atomic mass is 10.1. The number of hydrogen-bond donors (Lipinski definition) is 0. The number of hydrogen-bond acceptors (Lipinski definition) is 3. The van der Waals surface area contributed by atoms with Crippen molar-refractivity contribution in [2.24, 2.45) is 0 Å². The second-order valence-corrected chi connectivity index (χ2v) is 6.69. The molecule has 0 saturated heterocycles. The van der Waals surface area contributed by atoms with E-state index in [1.807, 2.05) is 47.4 Å². The minimum atomic E-state index is 0.141. The van der Waals surface area contributed by atoms with Gasteiger partial charge >= 0.3 is 0 Å². The van der Waals surface area contributed by atoms with Crippen molar-refractivity contribution in [3.63, 3.8) is 0 Å². The molecule has 2 aromatic rings. The molecule has 1 aliphatic heterocycles. The Morgan fingerprint density at radius 3 is 2.83 bits per heavy atom. The average Bonchev–Trinajstić information content (AvgIpc) is 2.91. The number of anilines is 1. The number of carbonyl (C=O) groups excluding carboxylic acids is 1. The summed E-state index contributed by atoms with van der Waals surface area (Å²) in [6.45, 7) is 2.09. The molecule has 116 valence electrons. The minimum Gasteiger partial charge on any atom is -0.308 e. The highest BCUT2D eigenvalue weighted by Crippen LogP contribution is 2.32. The largest absolute Gasteiger partial charge is 0.308 e. The molecule has 0 aromatic heterocycles. The Hall–Kier alpha value is -2.25. The highest BCUT2D eigenvalue weighted by Gasteiger charge is 2.30. The number of para-hydroxylation sites is 1. The van der Waals surface area contributed by atoms with E-state index in [4.69, 9.17) is 5.26 Å². The van der Waals surface area contributed by atoms with Crippen LogP contribution < -0.4 is 4.90 Å². The van der Waals surface area contributed by atoms with Gasteiger partial charge in [-0.25, -0.2) is 0 Å². The maximum atomic E-state index is 12.6. The number of carbonyl (C=O) groups is 1. The number of rotatable bonds is 4.